The van der Waals surface area contributed by atoms with Crippen molar-refractivity contribution in [1.29, 1.82) is 0 Å². The summed E-state index contributed by atoms with van der Waals surface area (Å²) in [6.45, 7) is 6.24. The highest BCUT2D eigenvalue weighted by atomic mass is 16.4. The van der Waals surface area contributed by atoms with Crippen molar-refractivity contribution in [2.45, 2.75) is 52.1 Å². The van der Waals surface area contributed by atoms with Crippen molar-refractivity contribution in [3.63, 3.8) is 0 Å². The molecule has 1 aliphatic heterocycles. The van der Waals surface area contributed by atoms with Gasteiger partial charge in [-0.3, -0.25) is 0 Å². The van der Waals surface area contributed by atoms with Crippen molar-refractivity contribution in [1.82, 2.24) is 0 Å². The van der Waals surface area contributed by atoms with Gasteiger partial charge in [0.1, 0.15) is 0 Å². The molecule has 0 amide bonds. The Morgan fingerprint density at radius 3 is 2.74 bits per heavy atom. The lowest BCUT2D eigenvalue weighted by atomic mass is 10.0. The fourth-order valence-electron chi connectivity index (χ4n) is 3.04. The van der Waals surface area contributed by atoms with Crippen LogP contribution in [-0.2, 0) is 0 Å². The predicted octanol–water partition coefficient (Wildman–Crippen LogP) is 3.04. The third-order valence-corrected chi connectivity index (χ3v) is 4.16. The van der Waals surface area contributed by atoms with Gasteiger partial charge in [-0.25, -0.2) is 4.79 Å². The van der Waals surface area contributed by atoms with Crippen LogP contribution in [0.15, 0.2) is 12.1 Å². The lowest BCUT2D eigenvalue weighted by molar-refractivity contribution is 0.0698. The summed E-state index contributed by atoms with van der Waals surface area (Å²) >= 11 is 0. The zero-order chi connectivity index (χ0) is 14.2. The molecule has 104 valence electrons. The van der Waals surface area contributed by atoms with Crippen LogP contribution in [0.4, 0.5) is 11.4 Å². The van der Waals surface area contributed by atoms with Crippen molar-refractivity contribution < 1.29 is 9.90 Å². The Hall–Kier alpha value is -1.71. The first kappa shape index (κ1) is 13.7. The summed E-state index contributed by atoms with van der Waals surface area (Å²) in [7, 11) is 0. The number of carbonyl (C=O) groups is 1. The third-order valence-electron chi connectivity index (χ3n) is 4.16. The molecule has 0 spiro atoms. The van der Waals surface area contributed by atoms with Crippen LogP contribution in [0.3, 0.4) is 0 Å². The maximum Gasteiger partial charge on any atom is 0.337 e. The average Bonchev–Trinajstić information content (AvgIpc) is 2.73. The maximum atomic E-state index is 11.3. The molecule has 1 fully saturated rings. The van der Waals surface area contributed by atoms with Gasteiger partial charge in [-0.1, -0.05) is 6.92 Å². The zero-order valence-corrected chi connectivity index (χ0v) is 11.8. The Bertz CT molecular complexity index is 499. The Morgan fingerprint density at radius 2 is 2.16 bits per heavy atom. The second kappa shape index (κ2) is 5.11. The summed E-state index contributed by atoms with van der Waals surface area (Å²) in [4.78, 5) is 13.6. The smallest absolute Gasteiger partial charge is 0.337 e. The highest BCUT2D eigenvalue weighted by Crippen LogP contribution is 2.34. The van der Waals surface area contributed by atoms with Gasteiger partial charge in [0, 0.05) is 23.5 Å². The van der Waals surface area contributed by atoms with E-state index in [1.54, 1.807) is 6.07 Å². The summed E-state index contributed by atoms with van der Waals surface area (Å²) in [5, 5.41) is 9.25. The number of hydrogen-bond acceptors (Lipinski definition) is 3. The summed E-state index contributed by atoms with van der Waals surface area (Å²) in [5.41, 5.74) is 8.26. The van der Waals surface area contributed by atoms with Crippen molar-refractivity contribution in [2.75, 3.05) is 10.6 Å². The largest absolute Gasteiger partial charge is 0.478 e. The van der Waals surface area contributed by atoms with E-state index in [1.807, 2.05) is 13.0 Å². The number of nitrogen functional groups attached to an aromatic ring is 1. The molecule has 0 aliphatic carbocycles. The highest BCUT2D eigenvalue weighted by molar-refractivity contribution is 5.95. The van der Waals surface area contributed by atoms with E-state index in [1.165, 1.54) is 6.42 Å². The molecule has 4 heteroatoms. The molecule has 2 atom stereocenters. The van der Waals surface area contributed by atoms with Gasteiger partial charge < -0.3 is 15.7 Å². The first-order chi connectivity index (χ1) is 8.95. The molecule has 1 aromatic carbocycles. The molecular weight excluding hydrogens is 240 g/mol. The number of carboxylic acid groups (broad SMARTS) is 1. The molecule has 0 aromatic heterocycles. The van der Waals surface area contributed by atoms with E-state index in [9.17, 15) is 9.90 Å². The third kappa shape index (κ3) is 2.39. The fourth-order valence-corrected chi connectivity index (χ4v) is 3.04. The summed E-state index contributed by atoms with van der Waals surface area (Å²) in [5.74, 6) is -0.956. The van der Waals surface area contributed by atoms with Crippen LogP contribution in [0.25, 0.3) is 0 Å². The van der Waals surface area contributed by atoms with E-state index in [0.29, 0.717) is 17.8 Å². The second-order valence-electron chi connectivity index (χ2n) is 5.42. The van der Waals surface area contributed by atoms with Crippen LogP contribution in [0, 0.1) is 6.92 Å². The average molecular weight is 262 g/mol. The van der Waals surface area contributed by atoms with Gasteiger partial charge in [-0.05, 0) is 50.8 Å². The molecule has 4 nitrogen and oxygen atoms in total. The summed E-state index contributed by atoms with van der Waals surface area (Å²) < 4.78 is 0. The van der Waals surface area contributed by atoms with E-state index in [2.05, 4.69) is 18.7 Å². The van der Waals surface area contributed by atoms with Crippen molar-refractivity contribution in [3.8, 4) is 0 Å². The molecule has 0 saturated carbocycles. The number of carboxylic acids is 1. The molecule has 1 aromatic rings. The Balaban J connectivity index is 2.47. The predicted molar refractivity (Wildman–Crippen MR) is 77.8 cm³/mol. The van der Waals surface area contributed by atoms with E-state index in [0.717, 1.165) is 24.1 Å². The normalized spacial score (nSPS) is 22.8. The Kier molecular flexibility index (Phi) is 3.69. The van der Waals surface area contributed by atoms with Crippen LogP contribution < -0.4 is 10.6 Å². The van der Waals surface area contributed by atoms with Crippen molar-refractivity contribution in [3.05, 3.63) is 23.3 Å². The molecule has 1 heterocycles. The van der Waals surface area contributed by atoms with Gasteiger partial charge in [-0.2, -0.15) is 0 Å². The number of nitrogens with zero attached hydrogens (tertiary/aromatic N) is 1. The molecule has 2 unspecified atom stereocenters. The molecular formula is C15H22N2O2. The number of aryl methyl sites for hydroxylation is 1. The zero-order valence-electron chi connectivity index (χ0n) is 11.8. The Labute approximate surface area is 114 Å². The van der Waals surface area contributed by atoms with E-state index in [4.69, 9.17) is 5.73 Å². The molecule has 1 saturated heterocycles. The fraction of sp³-hybridized carbons (Fsp3) is 0.533. The summed E-state index contributed by atoms with van der Waals surface area (Å²) in [6, 6.07) is 4.68. The molecule has 1 aliphatic rings. The van der Waals surface area contributed by atoms with Crippen LogP contribution >= 0.6 is 0 Å². The van der Waals surface area contributed by atoms with Gasteiger partial charge in [0.25, 0.3) is 0 Å². The van der Waals surface area contributed by atoms with Crippen LogP contribution in [-0.4, -0.2) is 23.2 Å². The van der Waals surface area contributed by atoms with Crippen LogP contribution in [0.5, 0.6) is 0 Å². The standard InChI is InChI=1S/C15H22N2O2/c1-4-11-6-5-10(3)17(11)12-7-9(2)14(16)13(8-12)15(18)19/h7-8,10-11H,4-6,16H2,1-3H3,(H,18,19). The molecule has 19 heavy (non-hydrogen) atoms. The highest BCUT2D eigenvalue weighted by Gasteiger charge is 2.30. The second-order valence-corrected chi connectivity index (χ2v) is 5.42. The quantitative estimate of drug-likeness (QED) is 0.822. The number of rotatable bonds is 3. The van der Waals surface area contributed by atoms with Gasteiger partial charge >= 0.3 is 5.97 Å². The van der Waals surface area contributed by atoms with Gasteiger partial charge in [0.15, 0.2) is 0 Å². The number of benzene rings is 1. The lowest BCUT2D eigenvalue weighted by Crippen LogP contribution is -2.34. The number of hydrogen-bond donors (Lipinski definition) is 2. The topological polar surface area (TPSA) is 66.6 Å². The van der Waals surface area contributed by atoms with Gasteiger partial charge in [0.2, 0.25) is 0 Å². The summed E-state index contributed by atoms with van der Waals surface area (Å²) in [6.07, 6.45) is 3.41. The molecule has 0 radical (unpaired) electrons. The number of nitrogens with two attached hydrogens (primary N) is 1. The minimum Gasteiger partial charge on any atom is -0.478 e. The van der Waals surface area contributed by atoms with Gasteiger partial charge in [-0.15, -0.1) is 0 Å². The number of anilines is 2. The first-order valence-electron chi connectivity index (χ1n) is 6.87. The van der Waals surface area contributed by atoms with Crippen molar-refractivity contribution >= 4 is 17.3 Å². The first-order valence-corrected chi connectivity index (χ1v) is 6.87. The van der Waals surface area contributed by atoms with Crippen LogP contribution in [0.1, 0.15) is 49.0 Å². The molecule has 2 rings (SSSR count). The minimum absolute atomic E-state index is 0.212. The van der Waals surface area contributed by atoms with E-state index < -0.39 is 5.97 Å². The van der Waals surface area contributed by atoms with Gasteiger partial charge in [0.05, 0.1) is 5.56 Å². The Morgan fingerprint density at radius 1 is 1.47 bits per heavy atom. The molecule has 3 N–H and O–H groups in total. The maximum absolute atomic E-state index is 11.3. The minimum atomic E-state index is -0.956. The SMILES string of the molecule is CCC1CCC(C)N1c1cc(C)c(N)c(C(=O)O)c1. The van der Waals surface area contributed by atoms with Crippen molar-refractivity contribution in [2.24, 2.45) is 0 Å². The van der Waals surface area contributed by atoms with E-state index in [-0.39, 0.29) is 5.56 Å². The molecule has 0 bridgehead atoms. The van der Waals surface area contributed by atoms with Crippen LogP contribution in [0.2, 0.25) is 0 Å². The lowest BCUT2D eigenvalue weighted by Gasteiger charge is -2.31. The monoisotopic (exact) mass is 262 g/mol. The van der Waals surface area contributed by atoms with E-state index >= 15 is 0 Å². The number of aromatic carboxylic acids is 1.